The summed E-state index contributed by atoms with van der Waals surface area (Å²) in [5.74, 6) is 0.229. The van der Waals surface area contributed by atoms with Crippen molar-refractivity contribution in [1.29, 1.82) is 0 Å². The Kier molecular flexibility index (Phi) is 8.94. The number of hydrogen-bond donors (Lipinski definition) is 2. The quantitative estimate of drug-likeness (QED) is 0.240. The van der Waals surface area contributed by atoms with Gasteiger partial charge in [0, 0.05) is 43.6 Å². The second-order valence-electron chi connectivity index (χ2n) is 10.1. The van der Waals surface area contributed by atoms with Crippen molar-refractivity contribution in [3.8, 4) is 22.6 Å². The molecule has 234 valence electrons. The van der Waals surface area contributed by atoms with Crippen LogP contribution in [0.5, 0.6) is 0 Å². The Morgan fingerprint density at radius 2 is 1.82 bits per heavy atom. The molecule has 1 saturated carbocycles. The fraction of sp³-hybridized carbons (Fsp3) is 0.423. The van der Waals surface area contributed by atoms with E-state index in [1.165, 1.54) is 6.20 Å². The number of nitrogens with one attached hydrogen (secondary N) is 2. The van der Waals surface area contributed by atoms with E-state index in [0.29, 0.717) is 49.9 Å². The summed E-state index contributed by atoms with van der Waals surface area (Å²) in [7, 11) is 1.79. The van der Waals surface area contributed by atoms with E-state index >= 15 is 0 Å². The van der Waals surface area contributed by atoms with Crippen LogP contribution in [0.4, 0.5) is 38.5 Å². The van der Waals surface area contributed by atoms with E-state index in [1.54, 1.807) is 42.1 Å². The average Bonchev–Trinajstić information content (AvgIpc) is 3.59. The van der Waals surface area contributed by atoms with Gasteiger partial charge in [-0.1, -0.05) is 11.6 Å². The number of hydrogen-bond acceptors (Lipinski definition) is 8. The summed E-state index contributed by atoms with van der Waals surface area (Å²) in [5, 5.41) is 13.1. The Bertz CT molecular complexity index is 1600. The molecule has 2 amide bonds. The molecule has 4 heterocycles. The van der Waals surface area contributed by atoms with Crippen molar-refractivity contribution in [3.63, 3.8) is 0 Å². The van der Waals surface area contributed by atoms with E-state index in [-0.39, 0.29) is 28.7 Å². The summed E-state index contributed by atoms with van der Waals surface area (Å²) in [6, 6.07) is -0.817. The van der Waals surface area contributed by atoms with Gasteiger partial charge in [-0.05, 0) is 32.6 Å². The largest absolute Gasteiger partial charge is 0.420 e. The molecule has 0 aliphatic heterocycles. The van der Waals surface area contributed by atoms with Crippen molar-refractivity contribution in [2.45, 2.75) is 57.4 Å². The first kappa shape index (κ1) is 31.0. The summed E-state index contributed by atoms with van der Waals surface area (Å²) in [5.41, 5.74) is -1.14. The van der Waals surface area contributed by atoms with Crippen molar-refractivity contribution < 1.29 is 26.7 Å². The molecule has 0 aromatic carbocycles. The number of carbonyl (C=O) groups excluding carboxylic acids is 1. The van der Waals surface area contributed by atoms with Crippen LogP contribution in [0.25, 0.3) is 22.6 Å². The normalized spacial score (nSPS) is 17.1. The van der Waals surface area contributed by atoms with Crippen LogP contribution in [0.2, 0.25) is 5.02 Å². The summed E-state index contributed by atoms with van der Waals surface area (Å²) in [4.78, 5) is 31.4. The van der Waals surface area contributed by atoms with Gasteiger partial charge in [0.15, 0.2) is 5.82 Å². The molecule has 0 unspecified atom stereocenters. The second kappa shape index (κ2) is 12.7. The molecule has 0 radical (unpaired) electrons. The highest BCUT2D eigenvalue weighted by Crippen LogP contribution is 2.38. The van der Waals surface area contributed by atoms with E-state index in [1.807, 2.05) is 0 Å². The van der Waals surface area contributed by atoms with E-state index in [4.69, 9.17) is 11.6 Å². The number of amides is 2. The molecule has 18 heteroatoms. The first-order chi connectivity index (χ1) is 20.9. The van der Waals surface area contributed by atoms with Crippen LogP contribution >= 0.6 is 11.6 Å². The Hall–Kier alpha value is -4.41. The molecule has 4 aromatic heterocycles. The van der Waals surface area contributed by atoms with Crippen LogP contribution in [-0.4, -0.2) is 64.2 Å². The van der Waals surface area contributed by atoms with Crippen molar-refractivity contribution >= 4 is 29.4 Å². The molecule has 1 aliphatic carbocycles. The van der Waals surface area contributed by atoms with E-state index in [2.05, 4.69) is 40.8 Å². The number of rotatable bonds is 8. The van der Waals surface area contributed by atoms with Crippen LogP contribution in [0.3, 0.4) is 0 Å². The van der Waals surface area contributed by atoms with E-state index in [0.717, 1.165) is 11.8 Å². The predicted octanol–water partition coefficient (Wildman–Crippen LogP) is 5.56. The summed E-state index contributed by atoms with van der Waals surface area (Å²) >= 11 is 5.96. The lowest BCUT2D eigenvalue weighted by Gasteiger charge is -2.36. The summed E-state index contributed by atoms with van der Waals surface area (Å²) in [6.07, 6.45) is 5.06. The Morgan fingerprint density at radius 1 is 1.07 bits per heavy atom. The third-order valence-corrected chi connectivity index (χ3v) is 7.31. The standard InChI is InChI=1S/C26H27ClF5N11O/c1-3-33-25(44)43(20-11-34-19(10-35-20)14-8-37-41(2)12-14)16-6-4-15(5-7-16)38-24-36-9-17(26(30,31)32)21(39-24)22-18(27)13-42(40-22)23(28)29/h8-13,15-16,23H,3-7H2,1-2H3,(H,33,44)(H,36,38,39)/t15-,16-. The van der Waals surface area contributed by atoms with Crippen LogP contribution in [0, 0.1) is 0 Å². The maximum Gasteiger partial charge on any atom is 0.420 e. The molecule has 12 nitrogen and oxygen atoms in total. The fourth-order valence-electron chi connectivity index (χ4n) is 4.97. The number of carbonyl (C=O) groups is 1. The molecule has 1 fully saturated rings. The van der Waals surface area contributed by atoms with E-state index < -0.39 is 34.7 Å². The predicted molar refractivity (Wildman–Crippen MR) is 150 cm³/mol. The van der Waals surface area contributed by atoms with Gasteiger partial charge in [0.2, 0.25) is 5.95 Å². The lowest BCUT2D eigenvalue weighted by atomic mass is 9.90. The highest BCUT2D eigenvalue weighted by Gasteiger charge is 2.37. The number of aromatic nitrogens is 8. The minimum Gasteiger partial charge on any atom is -0.351 e. The number of anilines is 2. The van der Waals surface area contributed by atoms with Crippen molar-refractivity contribution in [2.24, 2.45) is 7.05 Å². The van der Waals surface area contributed by atoms with Crippen LogP contribution in [0.1, 0.15) is 44.7 Å². The number of halogens is 6. The molecule has 5 rings (SSSR count). The van der Waals surface area contributed by atoms with Gasteiger partial charge in [-0.15, -0.1) is 0 Å². The van der Waals surface area contributed by atoms with E-state index in [9.17, 15) is 26.7 Å². The molecule has 44 heavy (non-hydrogen) atoms. The van der Waals surface area contributed by atoms with Crippen molar-refractivity contribution in [3.05, 3.63) is 47.8 Å². The molecule has 2 N–H and O–H groups in total. The molecule has 0 saturated heterocycles. The van der Waals surface area contributed by atoms with Crippen LogP contribution in [0.15, 0.2) is 37.2 Å². The van der Waals surface area contributed by atoms with Gasteiger partial charge in [0.1, 0.15) is 17.0 Å². The van der Waals surface area contributed by atoms with Gasteiger partial charge >= 0.3 is 18.8 Å². The monoisotopic (exact) mass is 639 g/mol. The molecular formula is C26H27ClF5N11O. The fourth-order valence-corrected chi connectivity index (χ4v) is 5.20. The van der Waals surface area contributed by atoms with Gasteiger partial charge in [0.25, 0.3) is 0 Å². The average molecular weight is 640 g/mol. The topological polar surface area (TPSA) is 132 Å². The lowest BCUT2D eigenvalue weighted by molar-refractivity contribution is -0.137. The number of aryl methyl sites for hydroxylation is 1. The molecular weight excluding hydrogens is 613 g/mol. The lowest BCUT2D eigenvalue weighted by Crippen LogP contribution is -2.49. The van der Waals surface area contributed by atoms with Crippen molar-refractivity contribution in [2.75, 3.05) is 16.8 Å². The number of nitrogens with zero attached hydrogens (tertiary/aromatic N) is 9. The first-order valence-corrected chi connectivity index (χ1v) is 13.9. The summed E-state index contributed by atoms with van der Waals surface area (Å²) < 4.78 is 69.2. The second-order valence-corrected chi connectivity index (χ2v) is 10.5. The third kappa shape index (κ3) is 6.71. The Labute approximate surface area is 252 Å². The molecule has 4 aromatic rings. The zero-order valence-corrected chi connectivity index (χ0v) is 24.2. The SMILES string of the molecule is CCNC(=O)N(c1cnc(-c2cnn(C)c2)cn1)[C@H]1CC[C@H](Nc2ncc(C(F)(F)F)c(-c3nn(C(F)F)cc3Cl)n2)CC1. The van der Waals surface area contributed by atoms with Crippen LogP contribution in [-0.2, 0) is 13.2 Å². The minimum atomic E-state index is -4.88. The van der Waals surface area contributed by atoms with Gasteiger partial charge in [-0.2, -0.15) is 32.1 Å². The zero-order chi connectivity index (χ0) is 31.6. The molecule has 0 bridgehead atoms. The maximum atomic E-state index is 13.7. The first-order valence-electron chi connectivity index (χ1n) is 13.6. The van der Waals surface area contributed by atoms with Crippen molar-refractivity contribution in [1.82, 2.24) is 44.8 Å². The van der Waals surface area contributed by atoms with Gasteiger partial charge < -0.3 is 10.6 Å². The van der Waals surface area contributed by atoms with Gasteiger partial charge in [-0.25, -0.2) is 24.4 Å². The van der Waals surface area contributed by atoms with Gasteiger partial charge in [0.05, 0.1) is 35.5 Å². The third-order valence-electron chi connectivity index (χ3n) is 7.03. The Balaban J connectivity index is 1.32. The number of urea groups is 1. The zero-order valence-electron chi connectivity index (χ0n) is 23.4. The maximum absolute atomic E-state index is 13.7. The summed E-state index contributed by atoms with van der Waals surface area (Å²) in [6.45, 7) is -0.896. The Morgan fingerprint density at radius 3 is 2.39 bits per heavy atom. The highest BCUT2D eigenvalue weighted by molar-refractivity contribution is 6.33. The molecule has 0 spiro atoms. The highest BCUT2D eigenvalue weighted by atomic mass is 35.5. The van der Waals surface area contributed by atoms with Crippen LogP contribution < -0.4 is 15.5 Å². The number of alkyl halides is 5. The smallest absolute Gasteiger partial charge is 0.351 e. The van der Waals surface area contributed by atoms with Gasteiger partial charge in [-0.3, -0.25) is 14.6 Å². The molecule has 0 atom stereocenters. The molecule has 1 aliphatic rings. The minimum absolute atomic E-state index is 0.142.